The molecule has 0 bridgehead atoms. The fourth-order valence-corrected chi connectivity index (χ4v) is 3.58. The maximum atomic E-state index is 12.2. The van der Waals surface area contributed by atoms with Gasteiger partial charge < -0.3 is 9.64 Å². The lowest BCUT2D eigenvalue weighted by molar-refractivity contribution is 0.169. The molecule has 0 unspecified atom stereocenters. The molecule has 0 saturated carbocycles. The lowest BCUT2D eigenvalue weighted by atomic mass is 10.1. The summed E-state index contributed by atoms with van der Waals surface area (Å²) in [5.41, 5.74) is 2.22. The van der Waals surface area contributed by atoms with Crippen molar-refractivity contribution in [3.63, 3.8) is 0 Å². The highest BCUT2D eigenvalue weighted by Crippen LogP contribution is 2.34. The van der Waals surface area contributed by atoms with E-state index in [4.69, 9.17) is 4.74 Å². The van der Waals surface area contributed by atoms with E-state index in [1.54, 1.807) is 11.3 Å². The molecule has 1 aliphatic rings. The average molecular weight is 357 g/mol. The van der Waals surface area contributed by atoms with Gasteiger partial charge in [-0.3, -0.25) is 5.32 Å². The second-order valence-corrected chi connectivity index (χ2v) is 7.16. The van der Waals surface area contributed by atoms with Crippen molar-refractivity contribution in [2.45, 2.75) is 19.8 Å². The quantitative estimate of drug-likeness (QED) is 0.816. The topological polar surface area (TPSA) is 54.5 Å². The maximum absolute atomic E-state index is 12.2. The van der Waals surface area contributed by atoms with Gasteiger partial charge in [0.05, 0.1) is 9.88 Å². The second kappa shape index (κ2) is 8.27. The van der Waals surface area contributed by atoms with Crippen LogP contribution in [0.2, 0.25) is 0 Å². The Hall–Kier alpha value is -2.18. The van der Waals surface area contributed by atoms with Crippen LogP contribution in [0, 0.1) is 0 Å². The molecule has 25 heavy (non-hydrogen) atoms. The van der Waals surface area contributed by atoms with Gasteiger partial charge in [0, 0.05) is 13.1 Å². The molecule has 0 saturated heterocycles. The van der Waals surface area contributed by atoms with E-state index < -0.39 is 6.09 Å². The molecule has 0 atom stereocenters. The Labute approximate surface area is 152 Å². The number of carbonyl (C=O) groups excluding carboxylic acids is 1. The number of rotatable bonds is 5. The van der Waals surface area contributed by atoms with Crippen LogP contribution in [0.3, 0.4) is 0 Å². The predicted octanol–water partition coefficient (Wildman–Crippen LogP) is 4.18. The molecule has 1 amide bonds. The monoisotopic (exact) mass is 357 g/mol. The number of hydrogen-bond donors (Lipinski definition) is 1. The lowest BCUT2D eigenvalue weighted by Gasteiger charge is -2.21. The van der Waals surface area contributed by atoms with Crippen molar-refractivity contribution < 1.29 is 9.53 Å². The maximum Gasteiger partial charge on any atom is 0.413 e. The van der Waals surface area contributed by atoms with Gasteiger partial charge in [-0.2, -0.15) is 0 Å². The molecule has 1 aromatic heterocycles. The third-order valence-electron chi connectivity index (χ3n) is 4.13. The van der Waals surface area contributed by atoms with Gasteiger partial charge in [-0.15, -0.1) is 11.3 Å². The van der Waals surface area contributed by atoms with Gasteiger partial charge in [0.2, 0.25) is 0 Å². The van der Waals surface area contributed by atoms with E-state index in [1.165, 1.54) is 5.57 Å². The number of hydrogen-bond acceptors (Lipinski definition) is 5. The number of benzene rings is 1. The molecule has 0 fully saturated rings. The van der Waals surface area contributed by atoms with Gasteiger partial charge in [0.15, 0.2) is 5.82 Å². The summed E-state index contributed by atoms with van der Waals surface area (Å²) in [6.07, 6.45) is 3.45. The number of nitrogens with one attached hydrogen (secondary N) is 1. The highest BCUT2D eigenvalue weighted by atomic mass is 32.1. The first-order valence-corrected chi connectivity index (χ1v) is 9.32. The van der Waals surface area contributed by atoms with Crippen molar-refractivity contribution in [3.05, 3.63) is 47.0 Å². The molecule has 132 valence electrons. The smallest absolute Gasteiger partial charge is 0.413 e. The van der Waals surface area contributed by atoms with Crippen LogP contribution in [0.4, 0.5) is 10.6 Å². The Kier molecular flexibility index (Phi) is 5.83. The Balaban J connectivity index is 1.66. The summed E-state index contributed by atoms with van der Waals surface area (Å²) in [4.78, 5) is 19.9. The van der Waals surface area contributed by atoms with E-state index in [0.717, 1.165) is 41.4 Å². The standard InChI is InChI=1S/C19H23N3O2S/c1-3-16-20-18(17(25-16)15-7-5-4-6-8-15)21-19(23)24-13-14-9-11-22(2)12-10-14/h4-9H,3,10-13H2,1-2H3,(H,21,23). The van der Waals surface area contributed by atoms with Crippen LogP contribution in [-0.4, -0.2) is 42.7 Å². The van der Waals surface area contributed by atoms with Crippen molar-refractivity contribution in [1.29, 1.82) is 0 Å². The van der Waals surface area contributed by atoms with Crippen LogP contribution < -0.4 is 5.32 Å². The predicted molar refractivity (Wildman–Crippen MR) is 102 cm³/mol. The first-order valence-electron chi connectivity index (χ1n) is 8.51. The van der Waals surface area contributed by atoms with Crippen molar-refractivity contribution in [3.8, 4) is 10.4 Å². The van der Waals surface area contributed by atoms with Crippen LogP contribution in [0.15, 0.2) is 42.0 Å². The van der Waals surface area contributed by atoms with Crippen molar-refractivity contribution in [1.82, 2.24) is 9.88 Å². The van der Waals surface area contributed by atoms with E-state index >= 15 is 0 Å². The van der Waals surface area contributed by atoms with Gasteiger partial charge in [-0.1, -0.05) is 43.3 Å². The minimum Gasteiger partial charge on any atom is -0.445 e. The van der Waals surface area contributed by atoms with E-state index in [2.05, 4.69) is 35.2 Å². The highest BCUT2D eigenvalue weighted by molar-refractivity contribution is 7.15. The van der Waals surface area contributed by atoms with Gasteiger partial charge in [-0.05, 0) is 31.0 Å². The highest BCUT2D eigenvalue weighted by Gasteiger charge is 2.16. The molecule has 1 aromatic carbocycles. The second-order valence-electron chi connectivity index (χ2n) is 6.08. The number of aromatic nitrogens is 1. The normalized spacial score (nSPS) is 14.9. The molecule has 6 heteroatoms. The molecular weight excluding hydrogens is 334 g/mol. The molecular formula is C19H23N3O2S. The third-order valence-corrected chi connectivity index (χ3v) is 5.37. The number of thiazole rings is 1. The summed E-state index contributed by atoms with van der Waals surface area (Å²) in [7, 11) is 2.08. The Morgan fingerprint density at radius 1 is 1.36 bits per heavy atom. The minimum absolute atomic E-state index is 0.338. The molecule has 0 aliphatic carbocycles. The Bertz CT molecular complexity index is 755. The number of likely N-dealkylation sites (N-methyl/N-ethyl adjacent to an activating group) is 1. The number of amides is 1. The molecule has 2 heterocycles. The molecule has 1 N–H and O–H groups in total. The van der Waals surface area contributed by atoms with Gasteiger partial charge >= 0.3 is 6.09 Å². The molecule has 0 spiro atoms. The van der Waals surface area contributed by atoms with Gasteiger partial charge in [0.25, 0.3) is 0 Å². The Morgan fingerprint density at radius 2 is 2.16 bits per heavy atom. The number of aryl methyl sites for hydroxylation is 1. The summed E-state index contributed by atoms with van der Waals surface area (Å²) in [5, 5.41) is 3.81. The van der Waals surface area contributed by atoms with Crippen LogP contribution in [-0.2, 0) is 11.2 Å². The SMILES string of the molecule is CCc1nc(NC(=O)OCC2=CCN(C)CC2)c(-c2ccccc2)s1. The fraction of sp³-hybridized carbons (Fsp3) is 0.368. The summed E-state index contributed by atoms with van der Waals surface area (Å²) >= 11 is 1.60. The first kappa shape index (κ1) is 17.6. The van der Waals surface area contributed by atoms with Crippen molar-refractivity contribution in [2.24, 2.45) is 0 Å². The van der Waals surface area contributed by atoms with Crippen LogP contribution in [0.1, 0.15) is 18.4 Å². The van der Waals surface area contributed by atoms with Crippen LogP contribution in [0.25, 0.3) is 10.4 Å². The fourth-order valence-electron chi connectivity index (χ4n) is 2.62. The first-order chi connectivity index (χ1) is 12.2. The molecule has 2 aromatic rings. The van der Waals surface area contributed by atoms with Gasteiger partial charge in [0.1, 0.15) is 6.61 Å². The van der Waals surface area contributed by atoms with E-state index in [-0.39, 0.29) is 0 Å². The summed E-state index contributed by atoms with van der Waals surface area (Å²) < 4.78 is 5.38. The lowest BCUT2D eigenvalue weighted by Crippen LogP contribution is -2.26. The minimum atomic E-state index is -0.454. The average Bonchev–Trinajstić information content (AvgIpc) is 3.05. The van der Waals surface area contributed by atoms with E-state index in [0.29, 0.717) is 12.4 Å². The van der Waals surface area contributed by atoms with Crippen molar-refractivity contribution in [2.75, 3.05) is 32.1 Å². The van der Waals surface area contributed by atoms with Crippen molar-refractivity contribution >= 4 is 23.2 Å². The van der Waals surface area contributed by atoms with Gasteiger partial charge in [-0.25, -0.2) is 9.78 Å². The zero-order valence-electron chi connectivity index (χ0n) is 14.6. The molecule has 1 aliphatic heterocycles. The largest absolute Gasteiger partial charge is 0.445 e. The molecule has 5 nitrogen and oxygen atoms in total. The third kappa shape index (κ3) is 4.67. The van der Waals surface area contributed by atoms with Crippen LogP contribution in [0.5, 0.6) is 0 Å². The number of carbonyl (C=O) groups is 1. The zero-order valence-corrected chi connectivity index (χ0v) is 15.4. The molecule has 3 rings (SSSR count). The summed E-state index contributed by atoms with van der Waals surface area (Å²) in [6.45, 7) is 4.30. The summed E-state index contributed by atoms with van der Waals surface area (Å²) in [5.74, 6) is 0.579. The van der Waals surface area contributed by atoms with E-state index in [9.17, 15) is 4.79 Å². The van der Waals surface area contributed by atoms with E-state index in [1.807, 2.05) is 30.3 Å². The number of ether oxygens (including phenoxy) is 1. The Morgan fingerprint density at radius 3 is 2.84 bits per heavy atom. The number of nitrogens with zero attached hydrogens (tertiary/aromatic N) is 2. The summed E-state index contributed by atoms with van der Waals surface area (Å²) in [6, 6.07) is 9.98. The molecule has 0 radical (unpaired) electrons. The zero-order chi connectivity index (χ0) is 17.6. The number of anilines is 1. The van der Waals surface area contributed by atoms with Crippen LogP contribution >= 0.6 is 11.3 Å².